The van der Waals surface area contributed by atoms with Crippen LogP contribution in [0.2, 0.25) is 5.02 Å². The number of benzene rings is 2. The topological polar surface area (TPSA) is 23.6 Å². The van der Waals surface area contributed by atoms with Crippen molar-refractivity contribution in [2.45, 2.75) is 6.92 Å². The van der Waals surface area contributed by atoms with Gasteiger partial charge < -0.3 is 9.80 Å². The van der Waals surface area contributed by atoms with Gasteiger partial charge in [0, 0.05) is 31.9 Å². The Hall–Kier alpha value is -2.14. The van der Waals surface area contributed by atoms with Gasteiger partial charge in [-0.3, -0.25) is 4.79 Å². The largest absolute Gasteiger partial charge is 0.368 e. The molecule has 0 spiro atoms. The number of aryl methyl sites for hydroxylation is 1. The molecule has 3 rings (SSSR count). The number of nitrogens with zero attached hydrogens (tertiary/aromatic N) is 2. The van der Waals surface area contributed by atoms with Crippen LogP contribution >= 0.6 is 11.6 Å². The number of amides is 1. The Balaban J connectivity index is 1.72. The van der Waals surface area contributed by atoms with Gasteiger partial charge in [0.2, 0.25) is 0 Å². The second-order valence-corrected chi connectivity index (χ2v) is 6.22. The Morgan fingerprint density at radius 3 is 2.33 bits per heavy atom. The first-order valence-corrected chi connectivity index (χ1v) is 8.09. The maximum Gasteiger partial charge on any atom is 0.255 e. The molecule has 24 heavy (non-hydrogen) atoms. The van der Waals surface area contributed by atoms with E-state index in [0.717, 1.165) is 17.8 Å². The predicted molar refractivity (Wildman–Crippen MR) is 90.7 cm³/mol. The Kier molecular flexibility index (Phi) is 4.71. The third-order valence-corrected chi connectivity index (χ3v) is 4.58. The fourth-order valence-electron chi connectivity index (χ4n) is 2.93. The molecule has 1 amide bonds. The number of carbonyl (C=O) groups is 1. The Morgan fingerprint density at radius 1 is 1.04 bits per heavy atom. The lowest BCUT2D eigenvalue weighted by Gasteiger charge is -2.37. The van der Waals surface area contributed by atoms with Gasteiger partial charge in [-0.2, -0.15) is 0 Å². The SMILES string of the molecule is Cc1ccccc1N1CCN(C(=O)c2cc(F)c(F)cc2Cl)CC1. The summed E-state index contributed by atoms with van der Waals surface area (Å²) in [6.07, 6.45) is 0. The predicted octanol–water partition coefficient (Wildman–Crippen LogP) is 3.89. The van der Waals surface area contributed by atoms with Gasteiger partial charge in [0.1, 0.15) is 0 Å². The molecule has 1 saturated heterocycles. The third-order valence-electron chi connectivity index (χ3n) is 4.26. The van der Waals surface area contributed by atoms with Crippen molar-refractivity contribution in [1.82, 2.24) is 4.90 Å². The molecule has 1 aliphatic heterocycles. The van der Waals surface area contributed by atoms with E-state index in [-0.39, 0.29) is 16.5 Å². The summed E-state index contributed by atoms with van der Waals surface area (Å²) in [6, 6.07) is 9.79. The molecule has 0 saturated carbocycles. The number of carbonyl (C=O) groups excluding carboxylic acids is 1. The van der Waals surface area contributed by atoms with E-state index in [4.69, 9.17) is 11.6 Å². The lowest BCUT2D eigenvalue weighted by Crippen LogP contribution is -2.49. The minimum atomic E-state index is -1.07. The van der Waals surface area contributed by atoms with Gasteiger partial charge in [0.15, 0.2) is 11.6 Å². The van der Waals surface area contributed by atoms with Crippen LogP contribution in [0.25, 0.3) is 0 Å². The minimum Gasteiger partial charge on any atom is -0.368 e. The molecule has 0 atom stereocenters. The molecule has 0 radical (unpaired) electrons. The summed E-state index contributed by atoms with van der Waals surface area (Å²) in [5.74, 6) is -2.49. The summed E-state index contributed by atoms with van der Waals surface area (Å²) < 4.78 is 26.6. The molecule has 0 bridgehead atoms. The summed E-state index contributed by atoms with van der Waals surface area (Å²) in [6.45, 7) is 4.41. The molecular weight excluding hydrogens is 334 g/mol. The lowest BCUT2D eigenvalue weighted by molar-refractivity contribution is 0.0746. The summed E-state index contributed by atoms with van der Waals surface area (Å²) in [7, 11) is 0. The van der Waals surface area contributed by atoms with Crippen LogP contribution in [0, 0.1) is 18.6 Å². The fourth-order valence-corrected chi connectivity index (χ4v) is 3.16. The summed E-state index contributed by atoms with van der Waals surface area (Å²) in [5, 5.41) is -0.0692. The molecule has 0 aliphatic carbocycles. The van der Waals surface area contributed by atoms with Gasteiger partial charge in [0.25, 0.3) is 5.91 Å². The van der Waals surface area contributed by atoms with Crippen LogP contribution in [0.3, 0.4) is 0 Å². The lowest BCUT2D eigenvalue weighted by atomic mass is 10.1. The summed E-state index contributed by atoms with van der Waals surface area (Å²) >= 11 is 5.90. The molecule has 1 aliphatic rings. The summed E-state index contributed by atoms with van der Waals surface area (Å²) in [4.78, 5) is 16.4. The smallest absolute Gasteiger partial charge is 0.255 e. The average molecular weight is 351 g/mol. The van der Waals surface area contributed by atoms with Crippen molar-refractivity contribution < 1.29 is 13.6 Å². The molecule has 3 nitrogen and oxygen atoms in total. The van der Waals surface area contributed by atoms with Crippen LogP contribution in [-0.2, 0) is 0 Å². The first-order valence-electron chi connectivity index (χ1n) is 7.72. The van der Waals surface area contributed by atoms with Crippen LogP contribution < -0.4 is 4.90 Å². The van der Waals surface area contributed by atoms with Crippen LogP contribution in [0.4, 0.5) is 14.5 Å². The van der Waals surface area contributed by atoms with Gasteiger partial charge in [-0.05, 0) is 30.7 Å². The Labute approximate surface area is 144 Å². The van der Waals surface area contributed by atoms with Gasteiger partial charge >= 0.3 is 0 Å². The number of para-hydroxylation sites is 1. The van der Waals surface area contributed by atoms with Crippen LogP contribution in [0.1, 0.15) is 15.9 Å². The molecule has 2 aromatic carbocycles. The van der Waals surface area contributed by atoms with Crippen molar-refractivity contribution in [3.8, 4) is 0 Å². The van der Waals surface area contributed by atoms with E-state index in [1.54, 1.807) is 4.90 Å². The number of anilines is 1. The van der Waals surface area contributed by atoms with Crippen molar-refractivity contribution in [3.63, 3.8) is 0 Å². The second kappa shape index (κ2) is 6.77. The van der Waals surface area contributed by atoms with E-state index < -0.39 is 11.6 Å². The standard InChI is InChI=1S/C18H17ClF2N2O/c1-12-4-2-3-5-17(12)22-6-8-23(9-7-22)18(24)13-10-15(20)16(21)11-14(13)19/h2-5,10-11H,6-9H2,1H3. The van der Waals surface area contributed by atoms with E-state index >= 15 is 0 Å². The minimum absolute atomic E-state index is 0.0000849. The highest BCUT2D eigenvalue weighted by atomic mass is 35.5. The normalized spacial score (nSPS) is 14.8. The van der Waals surface area contributed by atoms with Crippen molar-refractivity contribution >= 4 is 23.2 Å². The van der Waals surface area contributed by atoms with E-state index in [9.17, 15) is 13.6 Å². The molecule has 126 valence electrons. The first-order chi connectivity index (χ1) is 11.5. The van der Waals surface area contributed by atoms with Gasteiger partial charge in [-0.25, -0.2) is 8.78 Å². The van der Waals surface area contributed by atoms with Crippen molar-refractivity contribution in [1.29, 1.82) is 0 Å². The molecule has 0 N–H and O–H groups in total. The molecule has 1 fully saturated rings. The number of rotatable bonds is 2. The molecule has 0 unspecified atom stereocenters. The van der Waals surface area contributed by atoms with Crippen LogP contribution in [0.5, 0.6) is 0 Å². The fraction of sp³-hybridized carbons (Fsp3) is 0.278. The Morgan fingerprint density at radius 2 is 1.67 bits per heavy atom. The van der Waals surface area contributed by atoms with Crippen LogP contribution in [-0.4, -0.2) is 37.0 Å². The van der Waals surface area contributed by atoms with Gasteiger partial charge in [0.05, 0.1) is 10.6 Å². The number of piperazine rings is 1. The van der Waals surface area contributed by atoms with Gasteiger partial charge in [-0.15, -0.1) is 0 Å². The van der Waals surface area contributed by atoms with Gasteiger partial charge in [-0.1, -0.05) is 29.8 Å². The van der Waals surface area contributed by atoms with Crippen molar-refractivity contribution in [2.75, 3.05) is 31.1 Å². The number of halogens is 3. The van der Waals surface area contributed by atoms with E-state index in [1.165, 1.54) is 5.56 Å². The van der Waals surface area contributed by atoms with Crippen LogP contribution in [0.15, 0.2) is 36.4 Å². The van der Waals surface area contributed by atoms with E-state index in [1.807, 2.05) is 25.1 Å². The maximum atomic E-state index is 13.4. The molecule has 6 heteroatoms. The number of hydrogen-bond donors (Lipinski definition) is 0. The highest BCUT2D eigenvalue weighted by Crippen LogP contribution is 2.24. The zero-order valence-electron chi connectivity index (χ0n) is 13.2. The zero-order valence-corrected chi connectivity index (χ0v) is 14.0. The maximum absolute atomic E-state index is 13.4. The quantitative estimate of drug-likeness (QED) is 0.767. The first kappa shape index (κ1) is 16.7. The highest BCUT2D eigenvalue weighted by Gasteiger charge is 2.25. The average Bonchev–Trinajstić information content (AvgIpc) is 2.58. The summed E-state index contributed by atoms with van der Waals surface area (Å²) in [5.41, 5.74) is 2.33. The third kappa shape index (κ3) is 3.22. The Bertz CT molecular complexity index is 774. The monoisotopic (exact) mass is 350 g/mol. The molecule has 0 aromatic heterocycles. The highest BCUT2D eigenvalue weighted by molar-refractivity contribution is 6.33. The van der Waals surface area contributed by atoms with Crippen molar-refractivity contribution in [3.05, 3.63) is 64.2 Å². The van der Waals surface area contributed by atoms with E-state index in [0.29, 0.717) is 26.2 Å². The second-order valence-electron chi connectivity index (χ2n) is 5.81. The molecule has 2 aromatic rings. The number of hydrogen-bond acceptors (Lipinski definition) is 2. The zero-order chi connectivity index (χ0) is 17.3. The van der Waals surface area contributed by atoms with E-state index in [2.05, 4.69) is 11.0 Å². The molecular formula is C18H17ClF2N2O. The molecule has 1 heterocycles. The van der Waals surface area contributed by atoms with Crippen molar-refractivity contribution in [2.24, 2.45) is 0 Å².